The first-order chi connectivity index (χ1) is 9.19. The van der Waals surface area contributed by atoms with Crippen LogP contribution < -0.4 is 0 Å². The van der Waals surface area contributed by atoms with Crippen molar-refractivity contribution < 1.29 is 5.11 Å². The molecule has 1 N–H and O–H groups in total. The first kappa shape index (κ1) is 15.3. The molecule has 0 bridgehead atoms. The minimum atomic E-state index is 0.203. The Morgan fingerprint density at radius 2 is 1.79 bits per heavy atom. The molecule has 0 spiro atoms. The van der Waals surface area contributed by atoms with Crippen molar-refractivity contribution in [1.29, 1.82) is 0 Å². The van der Waals surface area contributed by atoms with Crippen molar-refractivity contribution in [1.82, 2.24) is 9.80 Å². The Morgan fingerprint density at radius 3 is 2.32 bits per heavy atom. The maximum absolute atomic E-state index is 9.83. The predicted octanol–water partition coefficient (Wildman–Crippen LogP) is 2.35. The fraction of sp³-hybridized carbons (Fsp3) is 1.00. The highest BCUT2D eigenvalue weighted by Gasteiger charge is 2.34. The number of hydrogen-bond donors (Lipinski definition) is 1. The van der Waals surface area contributed by atoms with E-state index in [0.29, 0.717) is 6.61 Å². The van der Waals surface area contributed by atoms with Crippen LogP contribution in [0.25, 0.3) is 0 Å². The smallest absolute Gasteiger partial charge is 0.0499 e. The standard InChI is InChI=1S/C16H32N2O/c1-3-18-11-7-15(8-12-18)17(2)13-16(14-19)9-5-4-6-10-16/h15,19H,3-14H2,1-2H3. The minimum absolute atomic E-state index is 0.203. The number of aliphatic hydroxyl groups is 1. The summed E-state index contributed by atoms with van der Waals surface area (Å²) in [6, 6.07) is 0.730. The van der Waals surface area contributed by atoms with Gasteiger partial charge in [-0.1, -0.05) is 26.2 Å². The van der Waals surface area contributed by atoms with Gasteiger partial charge >= 0.3 is 0 Å². The quantitative estimate of drug-likeness (QED) is 0.829. The first-order valence-electron chi connectivity index (χ1n) is 8.22. The Kier molecular flexibility index (Phi) is 5.67. The van der Waals surface area contributed by atoms with Gasteiger partial charge in [-0.2, -0.15) is 0 Å². The molecule has 0 amide bonds. The van der Waals surface area contributed by atoms with Gasteiger partial charge < -0.3 is 14.9 Å². The predicted molar refractivity (Wildman–Crippen MR) is 80.4 cm³/mol. The third kappa shape index (κ3) is 3.93. The highest BCUT2D eigenvalue weighted by Crippen LogP contribution is 2.37. The molecule has 1 saturated heterocycles. The summed E-state index contributed by atoms with van der Waals surface area (Å²) in [7, 11) is 2.28. The Labute approximate surface area is 119 Å². The van der Waals surface area contributed by atoms with Crippen molar-refractivity contribution in [2.24, 2.45) is 5.41 Å². The Balaban J connectivity index is 1.84. The molecule has 0 atom stereocenters. The van der Waals surface area contributed by atoms with Gasteiger partial charge in [0.05, 0.1) is 0 Å². The van der Waals surface area contributed by atoms with Crippen molar-refractivity contribution >= 4 is 0 Å². The zero-order valence-electron chi connectivity index (χ0n) is 12.9. The number of piperidine rings is 1. The SMILES string of the molecule is CCN1CCC(N(C)CC2(CO)CCCCC2)CC1. The van der Waals surface area contributed by atoms with Gasteiger partial charge in [0.25, 0.3) is 0 Å². The topological polar surface area (TPSA) is 26.7 Å². The normalized spacial score (nSPS) is 25.9. The van der Waals surface area contributed by atoms with Crippen LogP contribution in [0, 0.1) is 5.41 Å². The van der Waals surface area contributed by atoms with Crippen molar-refractivity contribution in [2.75, 3.05) is 39.8 Å². The van der Waals surface area contributed by atoms with Crippen LogP contribution >= 0.6 is 0 Å². The van der Waals surface area contributed by atoms with E-state index in [1.807, 2.05) is 0 Å². The van der Waals surface area contributed by atoms with Crippen LogP contribution in [0.5, 0.6) is 0 Å². The fourth-order valence-corrected chi connectivity index (χ4v) is 4.00. The molecule has 0 aromatic rings. The number of nitrogens with zero attached hydrogens (tertiary/aromatic N) is 2. The number of aliphatic hydroxyl groups excluding tert-OH is 1. The summed E-state index contributed by atoms with van der Waals surface area (Å²) in [5.74, 6) is 0. The van der Waals surface area contributed by atoms with Crippen LogP contribution in [0.1, 0.15) is 51.9 Å². The van der Waals surface area contributed by atoms with Gasteiger partial charge in [-0.25, -0.2) is 0 Å². The third-order valence-corrected chi connectivity index (χ3v) is 5.46. The molecule has 2 aliphatic rings. The van der Waals surface area contributed by atoms with Crippen LogP contribution in [0.15, 0.2) is 0 Å². The van der Waals surface area contributed by atoms with Crippen molar-refractivity contribution in [3.63, 3.8) is 0 Å². The highest BCUT2D eigenvalue weighted by molar-refractivity contribution is 4.87. The summed E-state index contributed by atoms with van der Waals surface area (Å²) < 4.78 is 0. The van der Waals surface area contributed by atoms with Gasteiger partial charge in [0.1, 0.15) is 0 Å². The van der Waals surface area contributed by atoms with E-state index in [4.69, 9.17) is 0 Å². The molecular formula is C16H32N2O. The number of likely N-dealkylation sites (tertiary alicyclic amines) is 1. The van der Waals surface area contributed by atoms with E-state index in [1.54, 1.807) is 0 Å². The van der Waals surface area contributed by atoms with Crippen LogP contribution in [-0.4, -0.2) is 60.8 Å². The molecule has 2 rings (SSSR count). The summed E-state index contributed by atoms with van der Waals surface area (Å²) in [5.41, 5.74) is 0.203. The largest absolute Gasteiger partial charge is 0.396 e. The van der Waals surface area contributed by atoms with Crippen molar-refractivity contribution in [3.05, 3.63) is 0 Å². The van der Waals surface area contributed by atoms with Gasteiger partial charge in [0.15, 0.2) is 0 Å². The molecule has 3 heteroatoms. The average Bonchev–Trinajstić information content (AvgIpc) is 2.48. The summed E-state index contributed by atoms with van der Waals surface area (Å²) in [6.07, 6.45) is 9.02. The fourth-order valence-electron chi connectivity index (χ4n) is 4.00. The van der Waals surface area contributed by atoms with E-state index in [0.717, 1.165) is 12.6 Å². The zero-order valence-corrected chi connectivity index (χ0v) is 12.9. The lowest BCUT2D eigenvalue weighted by atomic mass is 9.74. The molecule has 2 fully saturated rings. The van der Waals surface area contributed by atoms with Gasteiger partial charge in [-0.15, -0.1) is 0 Å². The molecular weight excluding hydrogens is 236 g/mol. The van der Waals surface area contributed by atoms with Crippen molar-refractivity contribution in [3.8, 4) is 0 Å². The monoisotopic (exact) mass is 268 g/mol. The van der Waals surface area contributed by atoms with Gasteiger partial charge in [-0.05, 0) is 52.4 Å². The minimum Gasteiger partial charge on any atom is -0.396 e. The molecule has 0 unspecified atom stereocenters. The van der Waals surface area contributed by atoms with Crippen LogP contribution in [-0.2, 0) is 0 Å². The average molecular weight is 268 g/mol. The van der Waals surface area contributed by atoms with E-state index in [-0.39, 0.29) is 5.41 Å². The molecule has 1 saturated carbocycles. The van der Waals surface area contributed by atoms with E-state index >= 15 is 0 Å². The second-order valence-electron chi connectivity index (χ2n) is 6.80. The van der Waals surface area contributed by atoms with E-state index < -0.39 is 0 Å². The second-order valence-corrected chi connectivity index (χ2v) is 6.80. The summed E-state index contributed by atoms with van der Waals surface area (Å²) >= 11 is 0. The molecule has 3 nitrogen and oxygen atoms in total. The summed E-state index contributed by atoms with van der Waals surface area (Å²) in [4.78, 5) is 5.10. The van der Waals surface area contributed by atoms with Crippen LogP contribution in [0.3, 0.4) is 0 Å². The molecule has 0 aromatic carbocycles. The maximum atomic E-state index is 9.83. The highest BCUT2D eigenvalue weighted by atomic mass is 16.3. The lowest BCUT2D eigenvalue weighted by Gasteiger charge is -2.43. The van der Waals surface area contributed by atoms with Gasteiger partial charge in [0, 0.05) is 24.6 Å². The van der Waals surface area contributed by atoms with Crippen LogP contribution in [0.4, 0.5) is 0 Å². The number of rotatable bonds is 5. The Morgan fingerprint density at radius 1 is 1.16 bits per heavy atom. The molecule has 1 aliphatic heterocycles. The molecule has 1 aliphatic carbocycles. The molecule has 1 heterocycles. The zero-order chi connectivity index (χ0) is 13.7. The van der Waals surface area contributed by atoms with E-state index in [1.165, 1.54) is 64.6 Å². The van der Waals surface area contributed by atoms with Gasteiger partial charge in [-0.3, -0.25) is 0 Å². The maximum Gasteiger partial charge on any atom is 0.0499 e. The van der Waals surface area contributed by atoms with E-state index in [2.05, 4.69) is 23.8 Å². The first-order valence-corrected chi connectivity index (χ1v) is 8.22. The molecule has 19 heavy (non-hydrogen) atoms. The Hall–Kier alpha value is -0.120. The Bertz CT molecular complexity index is 255. The molecule has 112 valence electrons. The third-order valence-electron chi connectivity index (χ3n) is 5.46. The van der Waals surface area contributed by atoms with Gasteiger partial charge in [0.2, 0.25) is 0 Å². The molecule has 0 radical (unpaired) electrons. The van der Waals surface area contributed by atoms with E-state index in [9.17, 15) is 5.11 Å². The summed E-state index contributed by atoms with van der Waals surface area (Å²) in [5, 5.41) is 9.83. The molecule has 0 aromatic heterocycles. The summed E-state index contributed by atoms with van der Waals surface area (Å²) in [6.45, 7) is 7.42. The lowest BCUT2D eigenvalue weighted by molar-refractivity contribution is 0.0232. The van der Waals surface area contributed by atoms with Crippen LogP contribution in [0.2, 0.25) is 0 Å². The van der Waals surface area contributed by atoms with Crippen molar-refractivity contribution in [2.45, 2.75) is 57.9 Å². The number of hydrogen-bond acceptors (Lipinski definition) is 3. The second kappa shape index (κ2) is 7.05. The lowest BCUT2D eigenvalue weighted by Crippen LogP contribution is -2.48.